The third kappa shape index (κ3) is 5.58. The van der Waals surface area contributed by atoms with Gasteiger partial charge in [-0.25, -0.2) is 8.78 Å². The van der Waals surface area contributed by atoms with Crippen molar-refractivity contribution in [2.75, 3.05) is 13.2 Å². The fourth-order valence-corrected chi connectivity index (χ4v) is 1.70. The highest BCUT2D eigenvalue weighted by Crippen LogP contribution is 2.24. The maximum Gasteiger partial charge on any atom is 0.330 e. The molecule has 0 saturated carbocycles. The van der Waals surface area contributed by atoms with E-state index in [2.05, 4.69) is 14.9 Å². The van der Waals surface area contributed by atoms with Crippen molar-refractivity contribution in [1.82, 2.24) is 10.1 Å². The van der Waals surface area contributed by atoms with Crippen LogP contribution in [0.2, 0.25) is 0 Å². The minimum Gasteiger partial charge on any atom is -0.367 e. The van der Waals surface area contributed by atoms with Gasteiger partial charge >= 0.3 is 12.3 Å². The molecular weight excluding hydrogens is 294 g/mol. The van der Waals surface area contributed by atoms with Gasteiger partial charge in [0.25, 0.3) is 0 Å². The molecule has 5 nitrogen and oxygen atoms in total. The van der Waals surface area contributed by atoms with Crippen LogP contribution in [0.4, 0.5) is 17.6 Å². The summed E-state index contributed by atoms with van der Waals surface area (Å²) in [7, 11) is 0. The van der Waals surface area contributed by atoms with Gasteiger partial charge in [-0.15, -0.1) is 0 Å². The maximum absolute atomic E-state index is 12.6. The van der Waals surface area contributed by atoms with E-state index in [-0.39, 0.29) is 11.7 Å². The molecule has 1 atom stereocenters. The number of hydrogen-bond acceptors (Lipinski definition) is 5. The van der Waals surface area contributed by atoms with Crippen molar-refractivity contribution >= 4 is 0 Å². The van der Waals surface area contributed by atoms with Crippen molar-refractivity contribution in [3.63, 3.8) is 0 Å². The zero-order chi connectivity index (χ0) is 16.0. The molecule has 2 N–H and O–H groups in total. The monoisotopic (exact) mass is 313 g/mol. The Labute approximate surface area is 119 Å². The summed E-state index contributed by atoms with van der Waals surface area (Å²) in [6.07, 6.45) is -3.03. The van der Waals surface area contributed by atoms with E-state index >= 15 is 0 Å². The van der Waals surface area contributed by atoms with Gasteiger partial charge in [0, 0.05) is 6.54 Å². The standard InChI is InChI=1S/C12H19F4N3O2/c1-7(2)3-8(4-17)10-18-9(19-21-10)5-20-6-12(15,16)11(13)14/h7-8,11H,3-6,17H2,1-2H3. The van der Waals surface area contributed by atoms with E-state index in [1.54, 1.807) is 0 Å². The first-order valence-electron chi connectivity index (χ1n) is 6.52. The molecule has 1 heterocycles. The van der Waals surface area contributed by atoms with Crippen LogP contribution < -0.4 is 5.73 Å². The molecule has 1 unspecified atom stereocenters. The van der Waals surface area contributed by atoms with E-state index in [9.17, 15) is 17.6 Å². The van der Waals surface area contributed by atoms with Crippen molar-refractivity contribution in [2.45, 2.75) is 45.1 Å². The highest BCUT2D eigenvalue weighted by atomic mass is 19.3. The molecule has 1 rings (SSSR count). The van der Waals surface area contributed by atoms with Gasteiger partial charge in [-0.1, -0.05) is 19.0 Å². The third-order valence-electron chi connectivity index (χ3n) is 2.72. The Balaban J connectivity index is 2.52. The lowest BCUT2D eigenvalue weighted by atomic mass is 9.97. The number of ether oxygens (including phenoxy) is 1. The van der Waals surface area contributed by atoms with Crippen molar-refractivity contribution in [3.05, 3.63) is 11.7 Å². The quantitative estimate of drug-likeness (QED) is 0.709. The summed E-state index contributed by atoms with van der Waals surface area (Å²) < 4.78 is 58.6. The highest BCUT2D eigenvalue weighted by Gasteiger charge is 2.41. The number of hydrogen-bond donors (Lipinski definition) is 1. The Morgan fingerprint density at radius 1 is 1.33 bits per heavy atom. The van der Waals surface area contributed by atoms with Gasteiger partial charge in [0.2, 0.25) is 5.89 Å². The molecule has 1 aromatic rings. The molecule has 21 heavy (non-hydrogen) atoms. The first kappa shape index (κ1) is 17.8. The minimum absolute atomic E-state index is 0.0253. The van der Waals surface area contributed by atoms with Gasteiger partial charge in [-0.3, -0.25) is 0 Å². The number of nitrogens with zero attached hydrogens (tertiary/aromatic N) is 2. The zero-order valence-electron chi connectivity index (χ0n) is 11.9. The largest absolute Gasteiger partial charge is 0.367 e. The number of rotatable bonds is 9. The van der Waals surface area contributed by atoms with Gasteiger partial charge < -0.3 is 15.0 Å². The molecule has 0 aliphatic rings. The zero-order valence-corrected chi connectivity index (χ0v) is 11.9. The van der Waals surface area contributed by atoms with Crippen LogP contribution in [-0.4, -0.2) is 35.6 Å². The lowest BCUT2D eigenvalue weighted by Gasteiger charge is -2.14. The van der Waals surface area contributed by atoms with Crippen molar-refractivity contribution in [3.8, 4) is 0 Å². The van der Waals surface area contributed by atoms with Crippen LogP contribution in [0.25, 0.3) is 0 Å². The van der Waals surface area contributed by atoms with Gasteiger partial charge in [0.1, 0.15) is 13.2 Å². The lowest BCUT2D eigenvalue weighted by Crippen LogP contribution is -2.32. The molecular formula is C12H19F4N3O2. The molecule has 0 aromatic carbocycles. The number of nitrogens with two attached hydrogens (primary N) is 1. The highest BCUT2D eigenvalue weighted by molar-refractivity contribution is 4.94. The normalized spacial score (nSPS) is 14.1. The van der Waals surface area contributed by atoms with Crippen LogP contribution >= 0.6 is 0 Å². The topological polar surface area (TPSA) is 74.2 Å². The summed E-state index contributed by atoms with van der Waals surface area (Å²) in [5.41, 5.74) is 5.61. The second-order valence-electron chi connectivity index (χ2n) is 5.17. The molecule has 122 valence electrons. The fraction of sp³-hybridized carbons (Fsp3) is 0.833. The van der Waals surface area contributed by atoms with E-state index in [0.29, 0.717) is 18.4 Å². The molecule has 0 saturated heterocycles. The van der Waals surface area contributed by atoms with Gasteiger partial charge in [-0.05, 0) is 12.3 Å². The SMILES string of the molecule is CC(C)CC(CN)c1nc(COCC(F)(F)C(F)F)no1. The molecule has 9 heteroatoms. The Hall–Kier alpha value is -1.22. The van der Waals surface area contributed by atoms with E-state index in [1.807, 2.05) is 13.8 Å². The van der Waals surface area contributed by atoms with Crippen LogP contribution in [0.5, 0.6) is 0 Å². The van der Waals surface area contributed by atoms with Crippen LogP contribution in [0.3, 0.4) is 0 Å². The van der Waals surface area contributed by atoms with Crippen LogP contribution in [0.15, 0.2) is 4.52 Å². The van der Waals surface area contributed by atoms with Gasteiger partial charge in [0.05, 0.1) is 5.92 Å². The Kier molecular flexibility index (Phi) is 6.53. The molecule has 0 amide bonds. The molecule has 0 bridgehead atoms. The van der Waals surface area contributed by atoms with E-state index in [4.69, 9.17) is 10.3 Å². The molecule has 0 aliphatic heterocycles. The Morgan fingerprint density at radius 2 is 2.00 bits per heavy atom. The number of aromatic nitrogens is 2. The first-order chi connectivity index (χ1) is 9.76. The molecule has 0 radical (unpaired) electrons. The maximum atomic E-state index is 12.6. The molecule has 1 aromatic heterocycles. The predicted molar refractivity (Wildman–Crippen MR) is 66.2 cm³/mol. The smallest absolute Gasteiger partial charge is 0.330 e. The van der Waals surface area contributed by atoms with Crippen LogP contribution in [-0.2, 0) is 11.3 Å². The van der Waals surface area contributed by atoms with E-state index in [0.717, 1.165) is 6.42 Å². The summed E-state index contributed by atoms with van der Waals surface area (Å²) in [6.45, 7) is 2.50. The van der Waals surface area contributed by atoms with Crippen LogP contribution in [0.1, 0.15) is 37.9 Å². The lowest BCUT2D eigenvalue weighted by molar-refractivity contribution is -0.168. The second kappa shape index (κ2) is 7.69. The summed E-state index contributed by atoms with van der Waals surface area (Å²) in [5.74, 6) is -3.63. The van der Waals surface area contributed by atoms with Crippen LogP contribution in [0, 0.1) is 5.92 Å². The van der Waals surface area contributed by atoms with Gasteiger partial charge in [0.15, 0.2) is 5.82 Å². The van der Waals surface area contributed by atoms with Crippen molar-refractivity contribution < 1.29 is 26.8 Å². The number of halogens is 4. The third-order valence-corrected chi connectivity index (χ3v) is 2.72. The fourth-order valence-electron chi connectivity index (χ4n) is 1.70. The number of alkyl halides is 4. The Bertz CT molecular complexity index is 426. The summed E-state index contributed by atoms with van der Waals surface area (Å²) in [4.78, 5) is 3.98. The predicted octanol–water partition coefficient (Wildman–Crippen LogP) is 2.58. The average molecular weight is 313 g/mol. The molecule has 0 spiro atoms. The minimum atomic E-state index is -4.19. The van der Waals surface area contributed by atoms with E-state index in [1.165, 1.54) is 0 Å². The summed E-state index contributed by atoms with van der Waals surface area (Å²) >= 11 is 0. The first-order valence-corrected chi connectivity index (χ1v) is 6.52. The Morgan fingerprint density at radius 3 is 2.52 bits per heavy atom. The van der Waals surface area contributed by atoms with E-state index < -0.39 is 25.6 Å². The van der Waals surface area contributed by atoms with Gasteiger partial charge in [-0.2, -0.15) is 13.8 Å². The molecule has 0 aliphatic carbocycles. The average Bonchev–Trinajstić information content (AvgIpc) is 2.84. The molecule has 0 fully saturated rings. The van der Waals surface area contributed by atoms with Crippen molar-refractivity contribution in [2.24, 2.45) is 11.7 Å². The second-order valence-corrected chi connectivity index (χ2v) is 5.17. The summed E-state index contributed by atoms with van der Waals surface area (Å²) in [6, 6.07) is 0. The summed E-state index contributed by atoms with van der Waals surface area (Å²) in [5, 5.41) is 3.56. The van der Waals surface area contributed by atoms with Crippen molar-refractivity contribution in [1.29, 1.82) is 0 Å².